The second kappa shape index (κ2) is 5.53. The number of nitrogens with zero attached hydrogens (tertiary/aromatic N) is 3. The van der Waals surface area contributed by atoms with E-state index in [9.17, 15) is 4.39 Å². The minimum Gasteiger partial charge on any atom is -0.349 e. The Morgan fingerprint density at radius 1 is 1.29 bits per heavy atom. The summed E-state index contributed by atoms with van der Waals surface area (Å²) in [5.74, 6) is 1.11. The van der Waals surface area contributed by atoms with Gasteiger partial charge in [-0.15, -0.1) is 0 Å². The number of benzene rings is 1. The predicted octanol–water partition coefficient (Wildman–Crippen LogP) is 3.68. The lowest BCUT2D eigenvalue weighted by molar-refractivity contribution is 0.563. The van der Waals surface area contributed by atoms with Gasteiger partial charge in [0.2, 0.25) is 0 Å². The second-order valence-corrected chi connectivity index (χ2v) is 5.55. The van der Waals surface area contributed by atoms with Gasteiger partial charge in [-0.1, -0.05) is 25.1 Å². The maximum absolute atomic E-state index is 14.1. The summed E-state index contributed by atoms with van der Waals surface area (Å²) >= 11 is 0. The van der Waals surface area contributed by atoms with Crippen molar-refractivity contribution >= 4 is 5.82 Å². The van der Waals surface area contributed by atoms with E-state index in [2.05, 4.69) is 22.9 Å². The molecule has 1 aromatic heterocycles. The zero-order valence-electron chi connectivity index (χ0n) is 11.8. The van der Waals surface area contributed by atoms with Gasteiger partial charge in [0.1, 0.15) is 17.7 Å². The molecule has 4 heteroatoms. The molecule has 1 aromatic carbocycles. The van der Waals surface area contributed by atoms with Gasteiger partial charge in [-0.3, -0.25) is 0 Å². The number of anilines is 1. The van der Waals surface area contributed by atoms with Crippen LogP contribution in [-0.2, 0) is 0 Å². The number of hydrogen-bond donors (Lipinski definition) is 0. The van der Waals surface area contributed by atoms with Crippen LogP contribution in [0.5, 0.6) is 0 Å². The van der Waals surface area contributed by atoms with Crippen LogP contribution < -0.4 is 4.90 Å². The average Bonchev–Trinajstić information content (AvgIpc) is 2.89. The zero-order chi connectivity index (χ0) is 14.8. The molecule has 0 bridgehead atoms. The highest BCUT2D eigenvalue weighted by Gasteiger charge is 2.33. The van der Waals surface area contributed by atoms with Crippen molar-refractivity contribution in [2.75, 3.05) is 11.4 Å². The molecular weight excluding hydrogens is 265 g/mol. The smallest absolute Gasteiger partial charge is 0.129 e. The molecule has 1 saturated heterocycles. The van der Waals surface area contributed by atoms with Crippen LogP contribution in [0.1, 0.15) is 30.5 Å². The number of aromatic nitrogens is 1. The van der Waals surface area contributed by atoms with E-state index in [1.165, 1.54) is 6.07 Å². The lowest BCUT2D eigenvalue weighted by Gasteiger charge is -2.26. The first kappa shape index (κ1) is 13.6. The van der Waals surface area contributed by atoms with Crippen LogP contribution in [0.15, 0.2) is 42.6 Å². The largest absolute Gasteiger partial charge is 0.349 e. The van der Waals surface area contributed by atoms with Crippen molar-refractivity contribution in [1.29, 1.82) is 5.26 Å². The normalized spacial score (nSPS) is 21.3. The van der Waals surface area contributed by atoms with E-state index in [-0.39, 0.29) is 11.9 Å². The van der Waals surface area contributed by atoms with Gasteiger partial charge < -0.3 is 4.90 Å². The molecule has 106 valence electrons. The summed E-state index contributed by atoms with van der Waals surface area (Å²) in [6, 6.07) is 12.6. The van der Waals surface area contributed by atoms with Crippen LogP contribution in [0.2, 0.25) is 0 Å². The van der Waals surface area contributed by atoms with E-state index >= 15 is 0 Å². The molecule has 1 aliphatic rings. The molecule has 0 saturated carbocycles. The highest BCUT2D eigenvalue weighted by Crippen LogP contribution is 2.38. The topological polar surface area (TPSA) is 39.9 Å². The van der Waals surface area contributed by atoms with Crippen molar-refractivity contribution in [3.8, 4) is 6.07 Å². The molecule has 3 rings (SSSR count). The van der Waals surface area contributed by atoms with Gasteiger partial charge in [-0.25, -0.2) is 9.37 Å². The molecule has 2 heterocycles. The quantitative estimate of drug-likeness (QED) is 0.843. The number of pyridine rings is 1. The van der Waals surface area contributed by atoms with Crippen LogP contribution in [0.3, 0.4) is 0 Å². The Bertz CT molecular complexity index is 675. The molecule has 3 nitrogen and oxygen atoms in total. The Morgan fingerprint density at radius 2 is 2.10 bits per heavy atom. The van der Waals surface area contributed by atoms with E-state index in [4.69, 9.17) is 5.26 Å². The van der Waals surface area contributed by atoms with Crippen LogP contribution in [-0.4, -0.2) is 11.5 Å². The molecule has 2 unspecified atom stereocenters. The molecule has 2 aromatic rings. The third kappa shape index (κ3) is 2.59. The molecule has 21 heavy (non-hydrogen) atoms. The van der Waals surface area contributed by atoms with E-state index in [1.54, 1.807) is 18.3 Å². The molecule has 2 atom stereocenters. The van der Waals surface area contributed by atoms with Crippen molar-refractivity contribution in [1.82, 2.24) is 4.98 Å². The summed E-state index contributed by atoms with van der Waals surface area (Å²) in [5, 5.41) is 8.85. The van der Waals surface area contributed by atoms with Gasteiger partial charge >= 0.3 is 0 Å². The lowest BCUT2D eigenvalue weighted by atomic mass is 10.0. The minimum absolute atomic E-state index is 0.00151. The summed E-state index contributed by atoms with van der Waals surface area (Å²) in [4.78, 5) is 6.48. The van der Waals surface area contributed by atoms with E-state index in [1.807, 2.05) is 18.2 Å². The van der Waals surface area contributed by atoms with Gasteiger partial charge in [0, 0.05) is 18.3 Å². The Hall–Kier alpha value is -2.41. The first-order valence-corrected chi connectivity index (χ1v) is 7.06. The predicted molar refractivity (Wildman–Crippen MR) is 79.2 cm³/mol. The number of halogens is 1. The summed E-state index contributed by atoms with van der Waals surface area (Å²) in [6.07, 6.45) is 2.47. The molecule has 0 spiro atoms. The van der Waals surface area contributed by atoms with E-state index in [0.29, 0.717) is 17.0 Å². The molecule has 0 aliphatic carbocycles. The van der Waals surface area contributed by atoms with Gasteiger partial charge in [0.05, 0.1) is 11.6 Å². The van der Waals surface area contributed by atoms with Crippen molar-refractivity contribution in [3.05, 3.63) is 59.5 Å². The fourth-order valence-corrected chi connectivity index (χ4v) is 2.96. The highest BCUT2D eigenvalue weighted by molar-refractivity contribution is 5.46. The third-order valence-corrected chi connectivity index (χ3v) is 3.95. The Balaban J connectivity index is 1.96. The minimum atomic E-state index is -0.171. The highest BCUT2D eigenvalue weighted by atomic mass is 19.1. The van der Waals surface area contributed by atoms with E-state index < -0.39 is 0 Å². The second-order valence-electron chi connectivity index (χ2n) is 5.55. The average molecular weight is 281 g/mol. The zero-order valence-corrected chi connectivity index (χ0v) is 11.8. The molecule has 0 N–H and O–H groups in total. The molecule has 0 radical (unpaired) electrons. The molecule has 1 aliphatic heterocycles. The summed E-state index contributed by atoms with van der Waals surface area (Å²) in [7, 11) is 0. The van der Waals surface area contributed by atoms with Gasteiger partial charge in [0.25, 0.3) is 0 Å². The summed E-state index contributed by atoms with van der Waals surface area (Å²) in [5.41, 5.74) is 1.25. The van der Waals surface area contributed by atoms with Crippen molar-refractivity contribution in [2.45, 2.75) is 19.4 Å². The first-order valence-electron chi connectivity index (χ1n) is 7.06. The summed E-state index contributed by atoms with van der Waals surface area (Å²) < 4.78 is 14.1. The van der Waals surface area contributed by atoms with Crippen LogP contribution in [0, 0.1) is 23.1 Å². The lowest BCUT2D eigenvalue weighted by Crippen LogP contribution is -2.24. The van der Waals surface area contributed by atoms with Gasteiger partial charge in [-0.2, -0.15) is 5.26 Å². The van der Waals surface area contributed by atoms with E-state index in [0.717, 1.165) is 18.8 Å². The SMILES string of the molecule is CC1CC(c2ccccc2F)N(c2ccc(C#N)cn2)C1. The van der Waals surface area contributed by atoms with Gasteiger partial charge in [-0.05, 0) is 30.5 Å². The fraction of sp³-hybridized carbons (Fsp3) is 0.294. The number of hydrogen-bond acceptors (Lipinski definition) is 3. The maximum atomic E-state index is 14.1. The standard InChI is InChI=1S/C17H16FN3/c1-12-8-16(14-4-2-3-5-15(14)18)21(11-12)17-7-6-13(9-19)10-20-17/h2-7,10,12,16H,8,11H2,1H3. The van der Waals surface area contributed by atoms with Crippen LogP contribution in [0.4, 0.5) is 10.2 Å². The van der Waals surface area contributed by atoms with Crippen molar-refractivity contribution in [2.24, 2.45) is 5.92 Å². The number of rotatable bonds is 2. The molecule has 1 fully saturated rings. The first-order chi connectivity index (χ1) is 10.2. The third-order valence-electron chi connectivity index (χ3n) is 3.95. The number of nitriles is 1. The van der Waals surface area contributed by atoms with Crippen molar-refractivity contribution in [3.63, 3.8) is 0 Å². The molecular formula is C17H16FN3. The maximum Gasteiger partial charge on any atom is 0.129 e. The monoisotopic (exact) mass is 281 g/mol. The fourth-order valence-electron chi connectivity index (χ4n) is 2.96. The van der Waals surface area contributed by atoms with Crippen LogP contribution >= 0.6 is 0 Å². The Morgan fingerprint density at radius 3 is 2.76 bits per heavy atom. The van der Waals surface area contributed by atoms with Gasteiger partial charge in [0.15, 0.2) is 0 Å². The Labute approximate surface area is 123 Å². The van der Waals surface area contributed by atoms with Crippen molar-refractivity contribution < 1.29 is 4.39 Å². The molecule has 0 amide bonds. The summed E-state index contributed by atoms with van der Waals surface area (Å²) in [6.45, 7) is 3.01. The van der Waals surface area contributed by atoms with Crippen LogP contribution in [0.25, 0.3) is 0 Å². The Kier molecular flexibility index (Phi) is 3.57.